The summed E-state index contributed by atoms with van der Waals surface area (Å²) >= 11 is 1.44. The number of benzene rings is 1. The van der Waals surface area contributed by atoms with Crippen LogP contribution in [0.2, 0.25) is 0 Å². The number of rotatable bonds is 4. The lowest BCUT2D eigenvalue weighted by atomic mass is 10.3. The van der Waals surface area contributed by atoms with Crippen molar-refractivity contribution in [2.75, 3.05) is 21.5 Å². The van der Waals surface area contributed by atoms with Gasteiger partial charge >= 0.3 is 0 Å². The molecule has 0 spiro atoms. The molecule has 1 aromatic rings. The molecular formula is C11H14N2O3S2. The van der Waals surface area contributed by atoms with Gasteiger partial charge in [0.15, 0.2) is 0 Å². The highest BCUT2D eigenvalue weighted by atomic mass is 32.2. The van der Waals surface area contributed by atoms with Crippen molar-refractivity contribution in [2.24, 2.45) is 0 Å². The van der Waals surface area contributed by atoms with E-state index in [1.54, 1.807) is 12.1 Å². The molecule has 7 heteroatoms. The highest BCUT2D eigenvalue weighted by Gasteiger charge is 2.16. The van der Waals surface area contributed by atoms with E-state index in [-0.39, 0.29) is 11.7 Å². The SMILES string of the molecule is CCCS(=O)(=O)Nc1ccc2c(c1)NC(=O)CS2. The molecule has 0 bridgehead atoms. The van der Waals surface area contributed by atoms with Gasteiger partial charge < -0.3 is 5.32 Å². The van der Waals surface area contributed by atoms with Crippen LogP contribution in [0.4, 0.5) is 11.4 Å². The zero-order chi connectivity index (χ0) is 13.2. The Balaban J connectivity index is 2.21. The van der Waals surface area contributed by atoms with Gasteiger partial charge in [0.05, 0.1) is 22.9 Å². The predicted molar refractivity (Wildman–Crippen MR) is 73.5 cm³/mol. The number of fused-ring (bicyclic) bond motifs is 1. The average Bonchev–Trinajstić information content (AvgIpc) is 2.27. The fourth-order valence-electron chi connectivity index (χ4n) is 1.65. The first-order valence-electron chi connectivity index (χ1n) is 5.57. The molecule has 0 aromatic heterocycles. The fourth-order valence-corrected chi connectivity index (χ4v) is 3.56. The van der Waals surface area contributed by atoms with Crippen LogP contribution in [0.3, 0.4) is 0 Å². The van der Waals surface area contributed by atoms with Gasteiger partial charge in [-0.3, -0.25) is 9.52 Å². The van der Waals surface area contributed by atoms with Gasteiger partial charge in [-0.15, -0.1) is 11.8 Å². The van der Waals surface area contributed by atoms with E-state index in [9.17, 15) is 13.2 Å². The van der Waals surface area contributed by atoms with Crippen molar-refractivity contribution < 1.29 is 13.2 Å². The Morgan fingerprint density at radius 1 is 1.44 bits per heavy atom. The predicted octanol–water partition coefficient (Wildman–Crippen LogP) is 1.88. The average molecular weight is 286 g/mol. The normalized spacial score (nSPS) is 14.8. The van der Waals surface area contributed by atoms with Crippen LogP contribution in [0, 0.1) is 0 Å². The Hall–Kier alpha value is -1.21. The van der Waals surface area contributed by atoms with Gasteiger partial charge in [-0.05, 0) is 24.6 Å². The number of amides is 1. The van der Waals surface area contributed by atoms with Crippen molar-refractivity contribution in [2.45, 2.75) is 18.2 Å². The molecule has 0 fully saturated rings. The number of carbonyl (C=O) groups is 1. The molecule has 98 valence electrons. The lowest BCUT2D eigenvalue weighted by molar-refractivity contribution is -0.113. The summed E-state index contributed by atoms with van der Waals surface area (Å²) in [5.74, 6) is 0.417. The van der Waals surface area contributed by atoms with Crippen molar-refractivity contribution in [3.63, 3.8) is 0 Å². The summed E-state index contributed by atoms with van der Waals surface area (Å²) in [5, 5.41) is 2.72. The largest absolute Gasteiger partial charge is 0.324 e. The number of thioether (sulfide) groups is 1. The minimum atomic E-state index is -3.29. The van der Waals surface area contributed by atoms with Crippen LogP contribution in [-0.4, -0.2) is 25.8 Å². The zero-order valence-electron chi connectivity index (χ0n) is 9.89. The van der Waals surface area contributed by atoms with Gasteiger partial charge in [0.25, 0.3) is 0 Å². The van der Waals surface area contributed by atoms with Crippen LogP contribution >= 0.6 is 11.8 Å². The quantitative estimate of drug-likeness (QED) is 0.886. The highest BCUT2D eigenvalue weighted by molar-refractivity contribution is 8.00. The summed E-state index contributed by atoms with van der Waals surface area (Å²) in [6.45, 7) is 1.81. The fraction of sp³-hybridized carbons (Fsp3) is 0.364. The maximum Gasteiger partial charge on any atom is 0.234 e. The number of sulfonamides is 1. The molecule has 0 unspecified atom stereocenters. The number of hydrogen-bond donors (Lipinski definition) is 2. The summed E-state index contributed by atoms with van der Waals surface area (Å²) in [7, 11) is -3.29. The topological polar surface area (TPSA) is 75.3 Å². The van der Waals surface area contributed by atoms with Crippen molar-refractivity contribution in [3.05, 3.63) is 18.2 Å². The van der Waals surface area contributed by atoms with Gasteiger partial charge in [0.1, 0.15) is 0 Å². The minimum Gasteiger partial charge on any atom is -0.324 e. The van der Waals surface area contributed by atoms with Crippen molar-refractivity contribution in [1.29, 1.82) is 0 Å². The Labute approximate surface area is 110 Å². The third-order valence-corrected chi connectivity index (χ3v) is 4.92. The van der Waals surface area contributed by atoms with Gasteiger partial charge in [-0.25, -0.2) is 8.42 Å². The molecule has 0 saturated heterocycles. The van der Waals surface area contributed by atoms with E-state index in [0.29, 0.717) is 23.5 Å². The molecule has 2 rings (SSSR count). The smallest absolute Gasteiger partial charge is 0.234 e. The van der Waals surface area contributed by atoms with Crippen LogP contribution in [0.15, 0.2) is 23.1 Å². The molecule has 5 nitrogen and oxygen atoms in total. The molecule has 1 aromatic carbocycles. The maximum atomic E-state index is 11.6. The van der Waals surface area contributed by atoms with E-state index in [2.05, 4.69) is 10.0 Å². The molecule has 2 N–H and O–H groups in total. The Kier molecular flexibility index (Phi) is 3.82. The van der Waals surface area contributed by atoms with E-state index in [0.717, 1.165) is 4.90 Å². The Bertz CT molecular complexity index is 570. The number of anilines is 2. The number of carbonyl (C=O) groups excluding carboxylic acids is 1. The van der Waals surface area contributed by atoms with E-state index in [4.69, 9.17) is 0 Å². The third kappa shape index (κ3) is 3.17. The summed E-state index contributed by atoms with van der Waals surface area (Å²) in [6, 6.07) is 5.16. The third-order valence-electron chi connectivity index (χ3n) is 2.36. The van der Waals surface area contributed by atoms with Gasteiger partial charge in [-0.1, -0.05) is 6.92 Å². The second-order valence-corrected chi connectivity index (χ2v) is 6.83. The first-order chi connectivity index (χ1) is 8.50. The van der Waals surface area contributed by atoms with Crippen LogP contribution in [0.25, 0.3) is 0 Å². The molecule has 1 heterocycles. The van der Waals surface area contributed by atoms with E-state index < -0.39 is 10.0 Å². The van der Waals surface area contributed by atoms with Crippen LogP contribution in [0.5, 0.6) is 0 Å². The van der Waals surface area contributed by atoms with E-state index in [1.807, 2.05) is 13.0 Å². The Morgan fingerprint density at radius 3 is 2.94 bits per heavy atom. The first-order valence-corrected chi connectivity index (χ1v) is 8.21. The summed E-state index contributed by atoms with van der Waals surface area (Å²) in [4.78, 5) is 12.2. The molecule has 18 heavy (non-hydrogen) atoms. The Morgan fingerprint density at radius 2 is 2.22 bits per heavy atom. The standard InChI is InChI=1S/C11H14N2O3S2/c1-2-5-18(15,16)13-8-3-4-10-9(6-8)12-11(14)7-17-10/h3-4,6,13H,2,5,7H2,1H3,(H,12,14). The molecule has 0 aliphatic carbocycles. The maximum absolute atomic E-state index is 11.6. The van der Waals surface area contributed by atoms with Crippen molar-refractivity contribution >= 4 is 39.1 Å². The molecule has 1 amide bonds. The molecule has 1 aliphatic heterocycles. The number of hydrogen-bond acceptors (Lipinski definition) is 4. The highest BCUT2D eigenvalue weighted by Crippen LogP contribution is 2.33. The number of nitrogens with one attached hydrogen (secondary N) is 2. The van der Waals surface area contributed by atoms with Gasteiger partial charge in [0.2, 0.25) is 15.9 Å². The summed E-state index contributed by atoms with van der Waals surface area (Å²) in [6.07, 6.45) is 0.562. The summed E-state index contributed by atoms with van der Waals surface area (Å²) in [5.41, 5.74) is 1.14. The van der Waals surface area contributed by atoms with Gasteiger partial charge in [0, 0.05) is 4.90 Å². The molecule has 1 aliphatic rings. The lowest BCUT2D eigenvalue weighted by Gasteiger charge is -2.17. The van der Waals surface area contributed by atoms with Gasteiger partial charge in [-0.2, -0.15) is 0 Å². The second kappa shape index (κ2) is 5.19. The van der Waals surface area contributed by atoms with Crippen molar-refractivity contribution in [3.8, 4) is 0 Å². The zero-order valence-corrected chi connectivity index (χ0v) is 11.5. The first kappa shape index (κ1) is 13.2. The molecular weight excluding hydrogens is 272 g/mol. The molecule has 0 radical (unpaired) electrons. The van der Waals surface area contributed by atoms with E-state index >= 15 is 0 Å². The van der Waals surface area contributed by atoms with Crippen LogP contribution < -0.4 is 10.0 Å². The van der Waals surface area contributed by atoms with Crippen molar-refractivity contribution in [1.82, 2.24) is 0 Å². The van der Waals surface area contributed by atoms with E-state index in [1.165, 1.54) is 11.8 Å². The summed E-state index contributed by atoms with van der Waals surface area (Å²) < 4.78 is 25.8. The molecule has 0 saturated carbocycles. The minimum absolute atomic E-state index is 0.0685. The lowest BCUT2D eigenvalue weighted by Crippen LogP contribution is -2.20. The molecule has 0 atom stereocenters. The van der Waals surface area contributed by atoms with Crippen LogP contribution in [-0.2, 0) is 14.8 Å². The monoisotopic (exact) mass is 286 g/mol. The second-order valence-electron chi connectivity index (χ2n) is 3.97. The van der Waals surface area contributed by atoms with Crippen LogP contribution in [0.1, 0.15) is 13.3 Å².